The fourth-order valence-electron chi connectivity index (χ4n) is 3.98. The summed E-state index contributed by atoms with van der Waals surface area (Å²) in [6.07, 6.45) is 21.5. The second-order valence-electron chi connectivity index (χ2n) is 9.54. The van der Waals surface area contributed by atoms with Gasteiger partial charge < -0.3 is 0 Å². The van der Waals surface area contributed by atoms with Crippen molar-refractivity contribution < 1.29 is 0 Å². The molecule has 0 fully saturated rings. The van der Waals surface area contributed by atoms with Gasteiger partial charge in [-0.25, -0.2) is 0 Å². The Morgan fingerprint density at radius 2 is 1.07 bits per heavy atom. The van der Waals surface area contributed by atoms with Crippen LogP contribution in [0.1, 0.15) is 95.8 Å². The molecular weight excluding hydrogens is 525 g/mol. The number of nitrogens with zero attached hydrogens (tertiary/aromatic N) is 2. The molecule has 0 aliphatic heterocycles. The average Bonchev–Trinajstić information content (AvgIpc) is 3.64. The van der Waals surface area contributed by atoms with Crippen LogP contribution in [0.15, 0.2) is 60.9 Å². The van der Waals surface area contributed by atoms with E-state index >= 15 is 0 Å². The Kier molecular flexibility index (Phi) is 12.0. The summed E-state index contributed by atoms with van der Waals surface area (Å²) in [5.74, 6) is 13.2. The molecule has 4 aromatic rings. The van der Waals surface area contributed by atoms with Crippen LogP contribution in [0.5, 0.6) is 0 Å². The van der Waals surface area contributed by atoms with Crippen LogP contribution in [0.4, 0.5) is 0 Å². The maximum atomic E-state index is 4.58. The maximum absolute atomic E-state index is 4.58. The minimum absolute atomic E-state index is 0.860. The molecule has 0 bridgehead atoms. The molecule has 0 saturated heterocycles. The van der Waals surface area contributed by atoms with Crippen LogP contribution in [0.2, 0.25) is 0 Å². The smallest absolute Gasteiger partial charge is 0.0892 e. The van der Waals surface area contributed by atoms with Gasteiger partial charge >= 0.3 is 0 Å². The van der Waals surface area contributed by atoms with Gasteiger partial charge in [-0.1, -0.05) is 75.4 Å². The van der Waals surface area contributed by atoms with Crippen molar-refractivity contribution in [3.8, 4) is 35.1 Å². The Morgan fingerprint density at radius 1 is 0.600 bits per heavy atom. The molecule has 4 heterocycles. The summed E-state index contributed by atoms with van der Waals surface area (Å²) in [5.41, 5.74) is 3.91. The van der Waals surface area contributed by atoms with Gasteiger partial charge in [0.25, 0.3) is 0 Å². The van der Waals surface area contributed by atoms with Crippen LogP contribution in [-0.4, -0.2) is 9.97 Å². The molecule has 0 aliphatic rings. The third-order valence-corrected chi connectivity index (χ3v) is 8.13. The molecule has 4 aromatic heterocycles. The summed E-state index contributed by atoms with van der Waals surface area (Å²) in [6.45, 7) is 4.44. The summed E-state index contributed by atoms with van der Waals surface area (Å²) in [4.78, 5) is 13.8. The molecule has 4 rings (SSSR count). The third-order valence-electron chi connectivity index (χ3n) is 6.20. The molecule has 202 valence electrons. The van der Waals surface area contributed by atoms with Gasteiger partial charge in [0, 0.05) is 35.0 Å². The topological polar surface area (TPSA) is 25.8 Å². The predicted octanol–water partition coefficient (Wildman–Crippen LogP) is 10.5. The summed E-state index contributed by atoms with van der Waals surface area (Å²) in [6, 6.07) is 16.7. The first kappa shape index (κ1) is 29.3. The highest BCUT2D eigenvalue weighted by Crippen LogP contribution is 2.23. The van der Waals surface area contributed by atoms with Gasteiger partial charge in [0.1, 0.15) is 0 Å². The Labute approximate surface area is 248 Å². The van der Waals surface area contributed by atoms with E-state index in [9.17, 15) is 0 Å². The van der Waals surface area contributed by atoms with E-state index in [0.29, 0.717) is 0 Å². The summed E-state index contributed by atoms with van der Waals surface area (Å²) in [5, 5.41) is 0. The van der Waals surface area contributed by atoms with E-state index < -0.39 is 0 Å². The van der Waals surface area contributed by atoms with Crippen molar-refractivity contribution in [3.63, 3.8) is 0 Å². The van der Waals surface area contributed by atoms with Gasteiger partial charge in [-0.3, -0.25) is 9.97 Å². The zero-order valence-corrected chi connectivity index (χ0v) is 25.1. The standard InChI is InChI=1S/C36H36N2S2/c1-3-5-7-9-11-13-31-19-21-33(39-31)17-15-29-23-25-37-35(27-29)36-28-30(24-26-38-36)16-18-34-22-20-32(40-34)14-12-10-8-6-4-2/h15-28H,3-10H2,1-2H3/b17-15+,18-16+. The molecule has 0 radical (unpaired) electrons. The Bertz CT molecular complexity index is 1430. The highest BCUT2D eigenvalue weighted by atomic mass is 32.1. The molecular formula is C36H36N2S2. The zero-order chi connectivity index (χ0) is 27.8. The minimum atomic E-state index is 0.860. The third kappa shape index (κ3) is 9.80. The first-order valence-corrected chi connectivity index (χ1v) is 15.8. The number of hydrogen-bond acceptors (Lipinski definition) is 4. The lowest BCUT2D eigenvalue weighted by Crippen LogP contribution is -1.88. The van der Waals surface area contributed by atoms with Crippen molar-refractivity contribution in [2.24, 2.45) is 0 Å². The lowest BCUT2D eigenvalue weighted by Gasteiger charge is -2.03. The molecule has 0 unspecified atom stereocenters. The van der Waals surface area contributed by atoms with Crippen molar-refractivity contribution in [1.29, 1.82) is 0 Å². The minimum Gasteiger partial charge on any atom is -0.255 e. The Hall–Kier alpha value is -3.70. The highest BCUT2D eigenvalue weighted by molar-refractivity contribution is 7.13. The fraction of sp³-hybridized carbons (Fsp3) is 0.278. The van der Waals surface area contributed by atoms with E-state index in [4.69, 9.17) is 0 Å². The van der Waals surface area contributed by atoms with E-state index in [1.54, 1.807) is 22.7 Å². The number of rotatable bonds is 11. The van der Waals surface area contributed by atoms with E-state index in [1.807, 2.05) is 24.5 Å². The number of pyridine rings is 2. The van der Waals surface area contributed by atoms with Gasteiger partial charge in [0.2, 0.25) is 0 Å². The van der Waals surface area contributed by atoms with Gasteiger partial charge in [-0.15, -0.1) is 22.7 Å². The predicted molar refractivity (Wildman–Crippen MR) is 176 cm³/mol. The molecule has 2 nitrogen and oxygen atoms in total. The lowest BCUT2D eigenvalue weighted by molar-refractivity contribution is 0.737. The van der Waals surface area contributed by atoms with Crippen molar-refractivity contribution in [1.82, 2.24) is 9.97 Å². The first-order valence-electron chi connectivity index (χ1n) is 14.2. The second-order valence-corrected chi connectivity index (χ2v) is 11.8. The normalized spacial score (nSPS) is 10.9. The second kappa shape index (κ2) is 16.4. The number of hydrogen-bond donors (Lipinski definition) is 0. The van der Waals surface area contributed by atoms with Crippen LogP contribution in [0, 0.1) is 23.7 Å². The first-order chi connectivity index (χ1) is 19.7. The number of unbranched alkanes of at least 4 members (excludes halogenated alkanes) is 6. The molecule has 40 heavy (non-hydrogen) atoms. The van der Waals surface area contributed by atoms with Gasteiger partial charge in [0.15, 0.2) is 0 Å². The summed E-state index contributed by atoms with van der Waals surface area (Å²) in [7, 11) is 0. The highest BCUT2D eigenvalue weighted by Gasteiger charge is 2.03. The molecule has 0 N–H and O–H groups in total. The summed E-state index contributed by atoms with van der Waals surface area (Å²) >= 11 is 3.45. The fourth-order valence-corrected chi connectivity index (χ4v) is 5.55. The van der Waals surface area contributed by atoms with E-state index in [-0.39, 0.29) is 0 Å². The van der Waals surface area contributed by atoms with Gasteiger partial charge in [-0.05, 0) is 84.7 Å². The van der Waals surface area contributed by atoms with Crippen LogP contribution < -0.4 is 0 Å². The Balaban J connectivity index is 1.38. The lowest BCUT2D eigenvalue weighted by atomic mass is 10.1. The molecule has 0 aliphatic carbocycles. The number of thiophene rings is 2. The van der Waals surface area contributed by atoms with Crippen molar-refractivity contribution in [2.45, 2.75) is 65.2 Å². The monoisotopic (exact) mass is 560 g/mol. The molecule has 0 aromatic carbocycles. The van der Waals surface area contributed by atoms with Gasteiger partial charge in [-0.2, -0.15) is 0 Å². The van der Waals surface area contributed by atoms with E-state index in [1.165, 1.54) is 48.3 Å². The van der Waals surface area contributed by atoms with Gasteiger partial charge in [0.05, 0.1) is 21.1 Å². The zero-order valence-electron chi connectivity index (χ0n) is 23.5. The van der Waals surface area contributed by atoms with E-state index in [0.717, 1.165) is 45.1 Å². The van der Waals surface area contributed by atoms with Crippen LogP contribution in [0.25, 0.3) is 35.7 Å². The Morgan fingerprint density at radius 3 is 1.52 bits per heavy atom. The van der Waals surface area contributed by atoms with E-state index in [2.05, 4.69) is 108 Å². The van der Waals surface area contributed by atoms with Crippen LogP contribution in [-0.2, 0) is 0 Å². The largest absolute Gasteiger partial charge is 0.255 e. The molecule has 0 spiro atoms. The van der Waals surface area contributed by atoms with Crippen molar-refractivity contribution in [2.75, 3.05) is 0 Å². The molecule has 0 saturated carbocycles. The average molecular weight is 561 g/mol. The maximum Gasteiger partial charge on any atom is 0.0892 e. The van der Waals surface area contributed by atoms with Crippen LogP contribution in [0.3, 0.4) is 0 Å². The SMILES string of the molecule is CCCCCC#Cc1ccc(/C=C/c2ccnc(-c3cc(/C=C/c4ccc(C#CCCCCC)s4)ccn3)c2)s1. The molecule has 4 heteroatoms. The van der Waals surface area contributed by atoms with Crippen LogP contribution >= 0.6 is 22.7 Å². The number of aromatic nitrogens is 2. The quantitative estimate of drug-likeness (QED) is 0.135. The molecule has 0 amide bonds. The van der Waals surface area contributed by atoms with Crippen molar-refractivity contribution in [3.05, 3.63) is 91.6 Å². The molecule has 0 atom stereocenters. The summed E-state index contributed by atoms with van der Waals surface area (Å²) < 4.78 is 0. The van der Waals surface area contributed by atoms with Crippen molar-refractivity contribution >= 4 is 47.0 Å².